The Morgan fingerprint density at radius 1 is 1.28 bits per heavy atom. The van der Waals surface area contributed by atoms with Crippen LogP contribution in [0.25, 0.3) is 0 Å². The van der Waals surface area contributed by atoms with Crippen molar-refractivity contribution in [3.05, 3.63) is 53.9 Å². The molecule has 0 fully saturated rings. The maximum absolute atomic E-state index is 12.0. The summed E-state index contributed by atoms with van der Waals surface area (Å²) in [5, 5.41) is 3.28. The molecular formula is C14H17N3O. The second-order valence-corrected chi connectivity index (χ2v) is 4.32. The molecule has 0 spiro atoms. The number of aromatic amines is 1. The van der Waals surface area contributed by atoms with Crippen LogP contribution < -0.4 is 5.32 Å². The van der Waals surface area contributed by atoms with Gasteiger partial charge < -0.3 is 15.2 Å². The molecule has 1 amide bonds. The van der Waals surface area contributed by atoms with Crippen molar-refractivity contribution < 1.29 is 4.79 Å². The van der Waals surface area contributed by atoms with Crippen LogP contribution in [0.3, 0.4) is 0 Å². The van der Waals surface area contributed by atoms with E-state index in [0.717, 1.165) is 11.3 Å². The number of nitrogens with one attached hydrogen (secondary N) is 2. The SMILES string of the molecule is CN(C)C(=O)c1ccccc1NCc1cc[nH]c1. The lowest BCUT2D eigenvalue weighted by molar-refractivity contribution is 0.0828. The molecule has 2 N–H and O–H groups in total. The number of rotatable bonds is 4. The van der Waals surface area contributed by atoms with Gasteiger partial charge in [-0.1, -0.05) is 12.1 Å². The molecule has 0 aliphatic rings. The number of benzene rings is 1. The van der Waals surface area contributed by atoms with Crippen molar-refractivity contribution in [3.8, 4) is 0 Å². The summed E-state index contributed by atoms with van der Waals surface area (Å²) >= 11 is 0. The van der Waals surface area contributed by atoms with E-state index in [0.29, 0.717) is 12.1 Å². The number of para-hydroxylation sites is 1. The first-order valence-electron chi connectivity index (χ1n) is 5.84. The van der Waals surface area contributed by atoms with Gasteiger partial charge in [0.05, 0.1) is 5.56 Å². The van der Waals surface area contributed by atoms with Gasteiger partial charge in [0.1, 0.15) is 0 Å². The number of carbonyl (C=O) groups excluding carboxylic acids is 1. The maximum atomic E-state index is 12.0. The van der Waals surface area contributed by atoms with Crippen LogP contribution in [0.5, 0.6) is 0 Å². The van der Waals surface area contributed by atoms with E-state index in [1.54, 1.807) is 19.0 Å². The highest BCUT2D eigenvalue weighted by Crippen LogP contribution is 2.17. The van der Waals surface area contributed by atoms with E-state index < -0.39 is 0 Å². The summed E-state index contributed by atoms with van der Waals surface area (Å²) in [6.07, 6.45) is 3.82. The van der Waals surface area contributed by atoms with Crippen LogP contribution in [-0.2, 0) is 6.54 Å². The van der Waals surface area contributed by atoms with Crippen LogP contribution in [-0.4, -0.2) is 29.9 Å². The Kier molecular flexibility index (Phi) is 3.67. The van der Waals surface area contributed by atoms with Gasteiger partial charge in [-0.15, -0.1) is 0 Å². The third-order valence-electron chi connectivity index (χ3n) is 2.71. The van der Waals surface area contributed by atoms with Crippen molar-refractivity contribution in [2.75, 3.05) is 19.4 Å². The van der Waals surface area contributed by atoms with Gasteiger partial charge in [-0.25, -0.2) is 0 Å². The fraction of sp³-hybridized carbons (Fsp3) is 0.214. The molecule has 2 rings (SSSR count). The van der Waals surface area contributed by atoms with Gasteiger partial charge in [0.2, 0.25) is 0 Å². The zero-order chi connectivity index (χ0) is 13.0. The molecule has 0 aliphatic heterocycles. The van der Waals surface area contributed by atoms with Crippen molar-refractivity contribution in [2.45, 2.75) is 6.54 Å². The second-order valence-electron chi connectivity index (χ2n) is 4.32. The van der Waals surface area contributed by atoms with Crippen LogP contribution in [0.2, 0.25) is 0 Å². The average molecular weight is 243 g/mol. The lowest BCUT2D eigenvalue weighted by Crippen LogP contribution is -2.22. The number of carbonyl (C=O) groups is 1. The van der Waals surface area contributed by atoms with Crippen molar-refractivity contribution in [3.63, 3.8) is 0 Å². The summed E-state index contributed by atoms with van der Waals surface area (Å²) in [6.45, 7) is 0.696. The van der Waals surface area contributed by atoms with E-state index in [1.807, 2.05) is 42.7 Å². The summed E-state index contributed by atoms with van der Waals surface area (Å²) in [7, 11) is 3.51. The first kappa shape index (κ1) is 12.2. The summed E-state index contributed by atoms with van der Waals surface area (Å²) in [5.74, 6) is 0.00664. The van der Waals surface area contributed by atoms with Crippen LogP contribution in [0.1, 0.15) is 15.9 Å². The molecule has 1 aromatic heterocycles. The number of H-pyrrole nitrogens is 1. The van der Waals surface area contributed by atoms with Gasteiger partial charge in [0, 0.05) is 38.7 Å². The fourth-order valence-electron chi connectivity index (χ4n) is 1.73. The molecule has 0 saturated carbocycles. The predicted octanol–water partition coefficient (Wildman–Crippen LogP) is 2.33. The van der Waals surface area contributed by atoms with Crippen LogP contribution in [0.15, 0.2) is 42.7 Å². The minimum Gasteiger partial charge on any atom is -0.380 e. The van der Waals surface area contributed by atoms with Crippen LogP contribution >= 0.6 is 0 Å². The third-order valence-corrected chi connectivity index (χ3v) is 2.71. The van der Waals surface area contributed by atoms with Gasteiger partial charge in [-0.2, -0.15) is 0 Å². The van der Waals surface area contributed by atoms with Gasteiger partial charge in [0.25, 0.3) is 5.91 Å². The Morgan fingerprint density at radius 2 is 2.06 bits per heavy atom. The van der Waals surface area contributed by atoms with Gasteiger partial charge >= 0.3 is 0 Å². The number of anilines is 1. The maximum Gasteiger partial charge on any atom is 0.255 e. The Labute approximate surface area is 107 Å². The molecular weight excluding hydrogens is 226 g/mol. The molecule has 1 aromatic carbocycles. The highest BCUT2D eigenvalue weighted by Gasteiger charge is 2.12. The van der Waals surface area contributed by atoms with Gasteiger partial charge in [0.15, 0.2) is 0 Å². The number of aromatic nitrogens is 1. The largest absolute Gasteiger partial charge is 0.380 e. The third kappa shape index (κ3) is 2.71. The van der Waals surface area contributed by atoms with Crippen molar-refractivity contribution in [1.29, 1.82) is 0 Å². The standard InChI is InChI=1S/C14H17N3O/c1-17(2)14(18)12-5-3-4-6-13(12)16-10-11-7-8-15-9-11/h3-9,15-16H,10H2,1-2H3. The number of amides is 1. The molecule has 4 heteroatoms. The normalized spacial score (nSPS) is 10.1. The molecule has 4 nitrogen and oxygen atoms in total. The fourth-order valence-corrected chi connectivity index (χ4v) is 1.73. The molecule has 0 bridgehead atoms. The van der Waals surface area contributed by atoms with Crippen molar-refractivity contribution in [2.24, 2.45) is 0 Å². The van der Waals surface area contributed by atoms with Gasteiger partial charge in [-0.05, 0) is 23.8 Å². The molecule has 0 atom stereocenters. The van der Waals surface area contributed by atoms with Crippen molar-refractivity contribution >= 4 is 11.6 Å². The second kappa shape index (κ2) is 5.40. The van der Waals surface area contributed by atoms with E-state index in [2.05, 4.69) is 10.3 Å². The quantitative estimate of drug-likeness (QED) is 0.865. The van der Waals surface area contributed by atoms with Crippen LogP contribution in [0.4, 0.5) is 5.69 Å². The first-order chi connectivity index (χ1) is 8.68. The summed E-state index contributed by atoms with van der Waals surface area (Å²) in [5.41, 5.74) is 2.71. The first-order valence-corrected chi connectivity index (χ1v) is 5.84. The lowest BCUT2D eigenvalue weighted by Gasteiger charge is -2.15. The molecule has 0 unspecified atom stereocenters. The lowest BCUT2D eigenvalue weighted by atomic mass is 10.1. The molecule has 18 heavy (non-hydrogen) atoms. The topological polar surface area (TPSA) is 48.1 Å². The summed E-state index contributed by atoms with van der Waals surface area (Å²) in [6, 6.07) is 9.55. The molecule has 0 saturated heterocycles. The molecule has 94 valence electrons. The van der Waals surface area contributed by atoms with Crippen LogP contribution in [0, 0.1) is 0 Å². The predicted molar refractivity (Wildman–Crippen MR) is 72.6 cm³/mol. The Morgan fingerprint density at radius 3 is 2.72 bits per heavy atom. The average Bonchev–Trinajstić information content (AvgIpc) is 2.89. The zero-order valence-electron chi connectivity index (χ0n) is 10.6. The monoisotopic (exact) mass is 243 g/mol. The molecule has 1 heterocycles. The van der Waals surface area contributed by atoms with E-state index >= 15 is 0 Å². The Bertz CT molecular complexity index is 518. The van der Waals surface area contributed by atoms with E-state index in [4.69, 9.17) is 0 Å². The Hall–Kier alpha value is -2.23. The number of nitrogens with zero attached hydrogens (tertiary/aromatic N) is 1. The Balaban J connectivity index is 2.15. The molecule has 0 aliphatic carbocycles. The van der Waals surface area contributed by atoms with E-state index in [9.17, 15) is 4.79 Å². The van der Waals surface area contributed by atoms with Crippen molar-refractivity contribution in [1.82, 2.24) is 9.88 Å². The highest BCUT2D eigenvalue weighted by atomic mass is 16.2. The minimum absolute atomic E-state index is 0.00664. The summed E-state index contributed by atoms with van der Waals surface area (Å²) in [4.78, 5) is 16.6. The molecule has 0 radical (unpaired) electrons. The van der Waals surface area contributed by atoms with E-state index in [-0.39, 0.29) is 5.91 Å². The minimum atomic E-state index is 0.00664. The smallest absolute Gasteiger partial charge is 0.255 e. The summed E-state index contributed by atoms with van der Waals surface area (Å²) < 4.78 is 0. The molecule has 2 aromatic rings. The highest BCUT2D eigenvalue weighted by molar-refractivity contribution is 5.99. The van der Waals surface area contributed by atoms with E-state index in [1.165, 1.54) is 0 Å². The number of hydrogen-bond acceptors (Lipinski definition) is 2. The zero-order valence-corrected chi connectivity index (χ0v) is 10.6. The van der Waals surface area contributed by atoms with Gasteiger partial charge in [-0.3, -0.25) is 4.79 Å². The number of hydrogen-bond donors (Lipinski definition) is 2.